The zero-order chi connectivity index (χ0) is 16.1. The quantitative estimate of drug-likeness (QED) is 0.477. The Morgan fingerprint density at radius 2 is 2.39 bits per heavy atom. The van der Waals surface area contributed by atoms with E-state index < -0.39 is 0 Å². The molecule has 1 N–H and O–H groups in total. The Labute approximate surface area is 137 Å². The van der Waals surface area contributed by atoms with Crippen molar-refractivity contribution in [2.45, 2.75) is 18.9 Å². The van der Waals surface area contributed by atoms with Crippen molar-refractivity contribution >= 4 is 5.96 Å². The third kappa shape index (κ3) is 4.68. The van der Waals surface area contributed by atoms with Crippen LogP contribution in [0, 0.1) is 5.92 Å². The van der Waals surface area contributed by atoms with E-state index in [0.29, 0.717) is 6.61 Å². The molecule has 1 unspecified atom stereocenters. The van der Waals surface area contributed by atoms with E-state index >= 15 is 0 Å². The van der Waals surface area contributed by atoms with Crippen molar-refractivity contribution in [3.8, 4) is 0 Å². The molecule has 1 aliphatic carbocycles. The lowest BCUT2D eigenvalue weighted by atomic mass is 10.1. The van der Waals surface area contributed by atoms with Crippen LogP contribution >= 0.6 is 0 Å². The molecule has 3 rings (SSSR count). The molecule has 128 valence electrons. The average molecular weight is 321 g/mol. The van der Waals surface area contributed by atoms with E-state index in [1.54, 1.807) is 0 Å². The van der Waals surface area contributed by atoms with Crippen LogP contribution in [0.15, 0.2) is 17.4 Å². The lowest BCUT2D eigenvalue weighted by Gasteiger charge is -2.34. The zero-order valence-corrected chi connectivity index (χ0v) is 14.1. The number of guanidine groups is 1. The van der Waals surface area contributed by atoms with E-state index in [9.17, 15) is 0 Å². The molecule has 0 amide bonds. The zero-order valence-electron chi connectivity index (χ0n) is 14.1. The molecule has 23 heavy (non-hydrogen) atoms. The third-order valence-corrected chi connectivity index (χ3v) is 4.25. The van der Waals surface area contributed by atoms with Crippen LogP contribution in [-0.2, 0) is 16.5 Å². The van der Waals surface area contributed by atoms with E-state index in [-0.39, 0.29) is 6.10 Å². The molecule has 1 aliphatic heterocycles. The second-order valence-electron chi connectivity index (χ2n) is 6.25. The Morgan fingerprint density at radius 3 is 3.09 bits per heavy atom. The van der Waals surface area contributed by atoms with Gasteiger partial charge in [-0.3, -0.25) is 9.67 Å². The van der Waals surface area contributed by atoms with E-state index in [1.165, 1.54) is 12.8 Å². The molecule has 1 saturated carbocycles. The summed E-state index contributed by atoms with van der Waals surface area (Å²) in [6.07, 6.45) is 6.59. The van der Waals surface area contributed by atoms with Crippen LogP contribution < -0.4 is 5.32 Å². The molecule has 0 aromatic carbocycles. The molecule has 2 aliphatic rings. The van der Waals surface area contributed by atoms with E-state index in [1.807, 2.05) is 31.2 Å². The highest BCUT2D eigenvalue weighted by molar-refractivity contribution is 5.80. The first kappa shape index (κ1) is 16.3. The number of nitrogens with one attached hydrogen (secondary N) is 1. The summed E-state index contributed by atoms with van der Waals surface area (Å²) >= 11 is 0. The van der Waals surface area contributed by atoms with Crippen LogP contribution in [0.3, 0.4) is 0 Å². The third-order valence-electron chi connectivity index (χ3n) is 4.25. The predicted octanol–water partition coefficient (Wildman–Crippen LogP) is 0.795. The first-order valence-electron chi connectivity index (χ1n) is 8.39. The van der Waals surface area contributed by atoms with Gasteiger partial charge in [0.15, 0.2) is 5.96 Å². The van der Waals surface area contributed by atoms with Gasteiger partial charge in [0.25, 0.3) is 0 Å². The SMILES string of the molecule is CN=C(NCCOCC1CC1)N1CCOC(c2cnn(C)c2)C1. The topological polar surface area (TPSA) is 63.9 Å². The van der Waals surface area contributed by atoms with Gasteiger partial charge in [0, 0.05) is 45.6 Å². The number of rotatable bonds is 6. The van der Waals surface area contributed by atoms with Gasteiger partial charge in [-0.05, 0) is 18.8 Å². The number of aliphatic imine (C=N–C) groups is 1. The number of morpholine rings is 1. The van der Waals surface area contributed by atoms with Crippen molar-refractivity contribution < 1.29 is 9.47 Å². The minimum Gasteiger partial charge on any atom is -0.379 e. The largest absolute Gasteiger partial charge is 0.379 e. The Bertz CT molecular complexity index is 526. The fourth-order valence-corrected chi connectivity index (χ4v) is 2.75. The predicted molar refractivity (Wildman–Crippen MR) is 88.4 cm³/mol. The summed E-state index contributed by atoms with van der Waals surface area (Å²) in [7, 11) is 3.74. The standard InChI is InChI=1S/C16H27N5O2/c1-17-16(18-5-7-22-12-13-3-4-13)21-6-8-23-15(11-21)14-9-19-20(2)10-14/h9-10,13,15H,3-8,11-12H2,1-2H3,(H,17,18). The van der Waals surface area contributed by atoms with Gasteiger partial charge in [0.2, 0.25) is 0 Å². The highest BCUT2D eigenvalue weighted by Crippen LogP contribution is 2.28. The Kier molecular flexibility index (Phi) is 5.51. The maximum Gasteiger partial charge on any atom is 0.193 e. The van der Waals surface area contributed by atoms with Crippen LogP contribution in [0.25, 0.3) is 0 Å². The van der Waals surface area contributed by atoms with E-state index in [0.717, 1.165) is 50.3 Å². The molecule has 1 aromatic rings. The minimum atomic E-state index is 0.0436. The van der Waals surface area contributed by atoms with Crippen molar-refractivity contribution in [1.29, 1.82) is 0 Å². The monoisotopic (exact) mass is 321 g/mol. The maximum atomic E-state index is 5.88. The molecule has 7 nitrogen and oxygen atoms in total. The highest BCUT2D eigenvalue weighted by atomic mass is 16.5. The Hall–Kier alpha value is -1.60. The van der Waals surface area contributed by atoms with Crippen LogP contribution in [0.4, 0.5) is 0 Å². The van der Waals surface area contributed by atoms with Gasteiger partial charge in [-0.15, -0.1) is 0 Å². The van der Waals surface area contributed by atoms with Crippen molar-refractivity contribution in [3.05, 3.63) is 18.0 Å². The smallest absolute Gasteiger partial charge is 0.193 e. The summed E-state index contributed by atoms with van der Waals surface area (Å²) in [5.41, 5.74) is 1.11. The Morgan fingerprint density at radius 1 is 1.52 bits per heavy atom. The number of aryl methyl sites for hydroxylation is 1. The molecular formula is C16H27N5O2. The molecule has 7 heteroatoms. The fourth-order valence-electron chi connectivity index (χ4n) is 2.75. The Balaban J connectivity index is 1.45. The average Bonchev–Trinajstić information content (AvgIpc) is 3.30. The lowest BCUT2D eigenvalue weighted by Crippen LogP contribution is -2.48. The van der Waals surface area contributed by atoms with Gasteiger partial charge in [0.1, 0.15) is 6.10 Å². The van der Waals surface area contributed by atoms with Gasteiger partial charge in [-0.1, -0.05) is 0 Å². The van der Waals surface area contributed by atoms with E-state index in [2.05, 4.69) is 20.3 Å². The summed E-state index contributed by atoms with van der Waals surface area (Å²) in [6.45, 7) is 4.74. The van der Waals surface area contributed by atoms with Gasteiger partial charge < -0.3 is 19.7 Å². The molecule has 2 fully saturated rings. The second-order valence-corrected chi connectivity index (χ2v) is 6.25. The van der Waals surface area contributed by atoms with Gasteiger partial charge in [0.05, 0.1) is 26.0 Å². The van der Waals surface area contributed by atoms with Crippen molar-refractivity contribution in [2.75, 3.05) is 46.5 Å². The summed E-state index contributed by atoms with van der Waals surface area (Å²) in [6, 6.07) is 0. The number of ether oxygens (including phenoxy) is 2. The molecule has 0 radical (unpaired) electrons. The number of aromatic nitrogens is 2. The van der Waals surface area contributed by atoms with Gasteiger partial charge in [-0.25, -0.2) is 0 Å². The van der Waals surface area contributed by atoms with Gasteiger partial charge in [-0.2, -0.15) is 5.10 Å². The molecule has 1 atom stereocenters. The normalized spacial score (nSPS) is 22.4. The van der Waals surface area contributed by atoms with Crippen LogP contribution in [0.5, 0.6) is 0 Å². The van der Waals surface area contributed by atoms with Crippen molar-refractivity contribution in [1.82, 2.24) is 20.0 Å². The highest BCUT2D eigenvalue weighted by Gasteiger charge is 2.25. The van der Waals surface area contributed by atoms with Crippen molar-refractivity contribution in [2.24, 2.45) is 18.0 Å². The fraction of sp³-hybridized carbons (Fsp3) is 0.750. The summed E-state index contributed by atoms with van der Waals surface area (Å²) in [4.78, 5) is 6.63. The first-order valence-corrected chi connectivity index (χ1v) is 8.39. The molecule has 1 aromatic heterocycles. The summed E-state index contributed by atoms with van der Waals surface area (Å²) < 4.78 is 13.3. The number of hydrogen-bond donors (Lipinski definition) is 1. The summed E-state index contributed by atoms with van der Waals surface area (Å²) in [5.74, 6) is 1.73. The first-order chi connectivity index (χ1) is 11.3. The minimum absolute atomic E-state index is 0.0436. The molecular weight excluding hydrogens is 294 g/mol. The maximum absolute atomic E-state index is 5.88. The van der Waals surface area contributed by atoms with Crippen molar-refractivity contribution in [3.63, 3.8) is 0 Å². The summed E-state index contributed by atoms with van der Waals surface area (Å²) in [5, 5.41) is 7.61. The van der Waals surface area contributed by atoms with E-state index in [4.69, 9.17) is 9.47 Å². The van der Waals surface area contributed by atoms with Crippen LogP contribution in [-0.4, -0.2) is 67.1 Å². The molecule has 0 bridgehead atoms. The lowest BCUT2D eigenvalue weighted by molar-refractivity contribution is -0.00815. The van der Waals surface area contributed by atoms with Gasteiger partial charge >= 0.3 is 0 Å². The van der Waals surface area contributed by atoms with Crippen LogP contribution in [0.1, 0.15) is 24.5 Å². The molecule has 0 spiro atoms. The molecule has 2 heterocycles. The second kappa shape index (κ2) is 7.79. The number of nitrogens with zero attached hydrogens (tertiary/aromatic N) is 4. The van der Waals surface area contributed by atoms with Crippen LogP contribution in [0.2, 0.25) is 0 Å². The molecule has 1 saturated heterocycles. The number of hydrogen-bond acceptors (Lipinski definition) is 4.